The molecule has 1 amide bonds. The van der Waals surface area contributed by atoms with E-state index in [-0.39, 0.29) is 12.1 Å². The topological polar surface area (TPSA) is 66.8 Å². The third kappa shape index (κ3) is 5.46. The Morgan fingerprint density at radius 3 is 2.13 bits per heavy atom. The molecule has 0 radical (unpaired) electrons. The van der Waals surface area contributed by atoms with Gasteiger partial charge in [-0.05, 0) is 44.0 Å². The number of ether oxygens (including phenoxy) is 1. The van der Waals surface area contributed by atoms with Crippen LogP contribution in [-0.4, -0.2) is 47.8 Å². The van der Waals surface area contributed by atoms with Crippen molar-refractivity contribution in [1.29, 1.82) is 0 Å². The number of rotatable bonds is 6. The smallest absolute Gasteiger partial charge is 0.406 e. The van der Waals surface area contributed by atoms with Gasteiger partial charge in [-0.2, -0.15) is 13.2 Å². The fourth-order valence-electron chi connectivity index (χ4n) is 2.16. The van der Waals surface area contributed by atoms with E-state index in [1.54, 1.807) is 13.8 Å². The molecule has 0 heterocycles. The average Bonchev–Trinajstić information content (AvgIpc) is 2.41. The van der Waals surface area contributed by atoms with Crippen molar-refractivity contribution in [2.24, 2.45) is 0 Å². The largest absolute Gasteiger partial charge is 0.481 e. The van der Waals surface area contributed by atoms with Gasteiger partial charge in [0.1, 0.15) is 12.3 Å². The second-order valence-corrected chi connectivity index (χ2v) is 5.06. The van der Waals surface area contributed by atoms with E-state index in [0.717, 1.165) is 0 Å². The number of carbonyl (C=O) groups is 2. The van der Waals surface area contributed by atoms with Crippen LogP contribution in [0.15, 0.2) is 12.1 Å². The number of hydrogen-bond donors (Lipinski definition) is 1. The van der Waals surface area contributed by atoms with Crippen molar-refractivity contribution < 1.29 is 32.6 Å². The molecule has 0 atom stereocenters. The number of aliphatic carboxylic acids is 1. The van der Waals surface area contributed by atoms with Crippen molar-refractivity contribution in [3.8, 4) is 5.75 Å². The molecule has 0 fully saturated rings. The van der Waals surface area contributed by atoms with Crippen LogP contribution in [0.2, 0.25) is 0 Å². The average molecular weight is 333 g/mol. The summed E-state index contributed by atoms with van der Waals surface area (Å²) < 4.78 is 42.6. The van der Waals surface area contributed by atoms with E-state index in [9.17, 15) is 22.8 Å². The Morgan fingerprint density at radius 1 is 1.22 bits per heavy atom. The van der Waals surface area contributed by atoms with Crippen LogP contribution in [0.5, 0.6) is 5.75 Å². The lowest BCUT2D eigenvalue weighted by Gasteiger charge is -2.23. The van der Waals surface area contributed by atoms with Crippen LogP contribution < -0.4 is 4.74 Å². The van der Waals surface area contributed by atoms with Gasteiger partial charge in [0.25, 0.3) is 5.91 Å². The molecule has 23 heavy (non-hydrogen) atoms. The Balaban J connectivity index is 3.04. The third-order valence-electron chi connectivity index (χ3n) is 3.09. The number of benzene rings is 1. The molecule has 1 aromatic rings. The maximum Gasteiger partial charge on any atom is 0.406 e. The van der Waals surface area contributed by atoms with Gasteiger partial charge in [0.15, 0.2) is 6.61 Å². The van der Waals surface area contributed by atoms with Gasteiger partial charge in [-0.15, -0.1) is 0 Å². The fraction of sp³-hybridized carbons (Fsp3) is 0.467. The van der Waals surface area contributed by atoms with E-state index in [1.165, 1.54) is 19.1 Å². The van der Waals surface area contributed by atoms with Gasteiger partial charge < -0.3 is 14.7 Å². The minimum Gasteiger partial charge on any atom is -0.481 e. The van der Waals surface area contributed by atoms with Gasteiger partial charge in [0, 0.05) is 12.1 Å². The predicted molar refractivity (Wildman–Crippen MR) is 76.7 cm³/mol. The molecule has 0 saturated carbocycles. The van der Waals surface area contributed by atoms with Gasteiger partial charge in [0.2, 0.25) is 0 Å². The number of nitrogens with zero attached hydrogens (tertiary/aromatic N) is 1. The highest BCUT2D eigenvalue weighted by atomic mass is 19.4. The molecule has 128 valence electrons. The van der Waals surface area contributed by atoms with Crippen molar-refractivity contribution >= 4 is 11.9 Å². The second-order valence-electron chi connectivity index (χ2n) is 5.06. The first-order valence-corrected chi connectivity index (χ1v) is 6.87. The van der Waals surface area contributed by atoms with Gasteiger partial charge in [-0.3, -0.25) is 4.79 Å². The maximum absolute atomic E-state index is 12.5. The Morgan fingerprint density at radius 2 is 1.74 bits per heavy atom. The van der Waals surface area contributed by atoms with Crippen molar-refractivity contribution in [3.63, 3.8) is 0 Å². The van der Waals surface area contributed by atoms with Gasteiger partial charge in [-0.1, -0.05) is 0 Å². The van der Waals surface area contributed by atoms with Crippen LogP contribution >= 0.6 is 0 Å². The van der Waals surface area contributed by atoms with Crippen molar-refractivity contribution in [2.75, 3.05) is 19.7 Å². The van der Waals surface area contributed by atoms with Gasteiger partial charge in [-0.25, -0.2) is 4.79 Å². The summed E-state index contributed by atoms with van der Waals surface area (Å²) in [7, 11) is 0. The number of halogens is 3. The molecule has 0 unspecified atom stereocenters. The standard InChI is InChI=1S/C15H18F3NO4/c1-4-19(8-15(16,17)18)14(22)11-5-9(2)13(10(3)6-11)23-7-12(20)21/h5-6H,4,7-8H2,1-3H3,(H,20,21). The van der Waals surface area contributed by atoms with Crippen LogP contribution in [-0.2, 0) is 4.79 Å². The maximum atomic E-state index is 12.5. The zero-order valence-electron chi connectivity index (χ0n) is 13.0. The molecular formula is C15H18F3NO4. The molecule has 0 bridgehead atoms. The number of hydrogen-bond acceptors (Lipinski definition) is 3. The zero-order valence-corrected chi connectivity index (χ0v) is 13.0. The number of aryl methyl sites for hydroxylation is 2. The summed E-state index contributed by atoms with van der Waals surface area (Å²) in [6, 6.07) is 2.79. The highest BCUT2D eigenvalue weighted by Gasteiger charge is 2.32. The molecule has 0 aliphatic carbocycles. The van der Waals surface area contributed by atoms with Crippen LogP contribution in [0.3, 0.4) is 0 Å². The number of amides is 1. The molecule has 5 nitrogen and oxygen atoms in total. The normalized spacial score (nSPS) is 11.2. The van der Waals surface area contributed by atoms with Crippen molar-refractivity contribution in [2.45, 2.75) is 26.9 Å². The summed E-state index contributed by atoms with van der Waals surface area (Å²) >= 11 is 0. The Hall–Kier alpha value is -2.25. The monoisotopic (exact) mass is 333 g/mol. The number of carboxylic acid groups (broad SMARTS) is 1. The quantitative estimate of drug-likeness (QED) is 0.869. The number of carbonyl (C=O) groups excluding carboxylic acids is 1. The summed E-state index contributed by atoms with van der Waals surface area (Å²) in [6.07, 6.45) is -4.47. The summed E-state index contributed by atoms with van der Waals surface area (Å²) in [5.41, 5.74) is 1.07. The first kappa shape index (κ1) is 18.8. The van der Waals surface area contributed by atoms with E-state index in [4.69, 9.17) is 9.84 Å². The molecule has 8 heteroatoms. The van der Waals surface area contributed by atoms with Crippen LogP contribution in [0.25, 0.3) is 0 Å². The number of carboxylic acids is 1. The highest BCUT2D eigenvalue weighted by Crippen LogP contribution is 2.26. The predicted octanol–water partition coefficient (Wildman–Crippen LogP) is 2.79. The summed E-state index contributed by atoms with van der Waals surface area (Å²) in [6.45, 7) is 2.73. The van der Waals surface area contributed by atoms with E-state index < -0.39 is 31.2 Å². The van der Waals surface area contributed by atoms with E-state index >= 15 is 0 Å². The van der Waals surface area contributed by atoms with Gasteiger partial charge in [0.05, 0.1) is 0 Å². The molecule has 0 aliphatic rings. The van der Waals surface area contributed by atoms with E-state index in [1.807, 2.05) is 0 Å². The molecule has 1 N–H and O–H groups in total. The minimum atomic E-state index is -4.47. The molecule has 1 aromatic carbocycles. The molecule has 0 aliphatic heterocycles. The van der Waals surface area contributed by atoms with Crippen molar-refractivity contribution in [1.82, 2.24) is 4.90 Å². The second kappa shape index (κ2) is 7.34. The third-order valence-corrected chi connectivity index (χ3v) is 3.09. The highest BCUT2D eigenvalue weighted by molar-refractivity contribution is 5.95. The molecule has 0 aromatic heterocycles. The van der Waals surface area contributed by atoms with Crippen molar-refractivity contribution in [3.05, 3.63) is 28.8 Å². The molecule has 1 rings (SSSR count). The van der Waals surface area contributed by atoms with Crippen LogP contribution in [0.4, 0.5) is 13.2 Å². The lowest BCUT2D eigenvalue weighted by molar-refractivity contribution is -0.140. The van der Waals surface area contributed by atoms with E-state index in [2.05, 4.69) is 0 Å². The molecular weight excluding hydrogens is 315 g/mol. The fourth-order valence-corrected chi connectivity index (χ4v) is 2.16. The summed E-state index contributed by atoms with van der Waals surface area (Å²) in [4.78, 5) is 23.5. The Kier molecular flexibility index (Phi) is 6.00. The first-order chi connectivity index (χ1) is 10.5. The van der Waals surface area contributed by atoms with Gasteiger partial charge >= 0.3 is 12.1 Å². The Labute approximate surface area is 131 Å². The van der Waals surface area contributed by atoms with Crippen LogP contribution in [0, 0.1) is 13.8 Å². The lowest BCUT2D eigenvalue weighted by atomic mass is 10.0. The van der Waals surface area contributed by atoms with E-state index in [0.29, 0.717) is 21.8 Å². The Bertz CT molecular complexity index is 576. The zero-order chi connectivity index (χ0) is 17.8. The summed E-state index contributed by atoms with van der Waals surface area (Å²) in [5.74, 6) is -1.57. The lowest BCUT2D eigenvalue weighted by Crippen LogP contribution is -2.38. The van der Waals surface area contributed by atoms with Crippen LogP contribution in [0.1, 0.15) is 28.4 Å². The molecule has 0 spiro atoms. The first-order valence-electron chi connectivity index (χ1n) is 6.87. The number of alkyl halides is 3. The minimum absolute atomic E-state index is 0.0757. The summed E-state index contributed by atoms with van der Waals surface area (Å²) in [5, 5.41) is 8.62. The molecule has 0 saturated heterocycles. The SMILES string of the molecule is CCN(CC(F)(F)F)C(=O)c1cc(C)c(OCC(=O)O)c(C)c1.